The maximum atomic E-state index is 12.7. The van der Waals surface area contributed by atoms with Crippen LogP contribution in [0.4, 0.5) is 11.5 Å². The lowest BCUT2D eigenvalue weighted by Gasteiger charge is -2.35. The fraction of sp³-hybridized carbons (Fsp3) is 0.389. The molecule has 0 unspecified atom stereocenters. The van der Waals surface area contributed by atoms with E-state index in [1.807, 2.05) is 48.2 Å². The monoisotopic (exact) mass is 341 g/mol. The molecule has 1 fully saturated rings. The predicted molar refractivity (Wildman–Crippen MR) is 97.5 cm³/mol. The zero-order chi connectivity index (χ0) is 17.8. The minimum absolute atomic E-state index is 0.0340. The molecule has 0 N–H and O–H groups in total. The average Bonchev–Trinajstić information content (AvgIpc) is 2.67. The summed E-state index contributed by atoms with van der Waals surface area (Å²) in [4.78, 5) is 18.7. The molecule has 1 amide bonds. The second-order valence-corrected chi connectivity index (χ2v) is 6.18. The first kappa shape index (κ1) is 17.0. The Morgan fingerprint density at radius 3 is 2.60 bits per heavy atom. The molecule has 2 aromatic rings. The molecule has 0 saturated carbocycles. The summed E-state index contributed by atoms with van der Waals surface area (Å²) in [7, 11) is 5.56. The van der Waals surface area contributed by atoms with Crippen LogP contribution >= 0.6 is 0 Å². The van der Waals surface area contributed by atoms with Crippen molar-refractivity contribution in [2.45, 2.75) is 0 Å². The van der Waals surface area contributed by atoms with Gasteiger partial charge in [0.1, 0.15) is 5.75 Å². The van der Waals surface area contributed by atoms with Crippen LogP contribution in [0.5, 0.6) is 5.75 Å². The topological polar surface area (TPSA) is 61.8 Å². The van der Waals surface area contributed by atoms with Gasteiger partial charge in [-0.25, -0.2) is 0 Å². The van der Waals surface area contributed by atoms with Crippen LogP contribution in [0.2, 0.25) is 0 Å². The van der Waals surface area contributed by atoms with Crippen LogP contribution in [0, 0.1) is 0 Å². The van der Waals surface area contributed by atoms with Crippen molar-refractivity contribution in [2.24, 2.45) is 0 Å². The third kappa shape index (κ3) is 3.81. The van der Waals surface area contributed by atoms with Crippen molar-refractivity contribution >= 4 is 17.4 Å². The summed E-state index contributed by atoms with van der Waals surface area (Å²) in [5.74, 6) is 1.58. The van der Waals surface area contributed by atoms with Gasteiger partial charge < -0.3 is 19.4 Å². The normalized spacial score (nSPS) is 14.4. The van der Waals surface area contributed by atoms with E-state index in [4.69, 9.17) is 4.74 Å². The number of ether oxygens (including phenoxy) is 1. The summed E-state index contributed by atoms with van der Waals surface area (Å²) in [6.07, 6.45) is 1.74. The van der Waals surface area contributed by atoms with E-state index in [0.29, 0.717) is 24.4 Å². The highest BCUT2D eigenvalue weighted by Gasteiger charge is 2.23. The van der Waals surface area contributed by atoms with Gasteiger partial charge in [0.15, 0.2) is 5.82 Å². The van der Waals surface area contributed by atoms with Gasteiger partial charge in [0.25, 0.3) is 5.91 Å². The van der Waals surface area contributed by atoms with Gasteiger partial charge in [-0.15, -0.1) is 5.10 Å². The molecule has 0 radical (unpaired) electrons. The largest absolute Gasteiger partial charge is 0.497 e. The number of aromatic nitrogens is 2. The van der Waals surface area contributed by atoms with Gasteiger partial charge in [-0.1, -0.05) is 6.07 Å². The number of benzene rings is 1. The number of carbonyl (C=O) groups excluding carboxylic acids is 1. The number of anilines is 2. The Balaban J connectivity index is 1.65. The molecule has 0 atom stereocenters. The Labute approximate surface area is 147 Å². The zero-order valence-electron chi connectivity index (χ0n) is 14.8. The van der Waals surface area contributed by atoms with E-state index in [2.05, 4.69) is 15.1 Å². The summed E-state index contributed by atoms with van der Waals surface area (Å²) in [6, 6.07) is 9.30. The number of nitrogens with zero attached hydrogens (tertiary/aromatic N) is 5. The first-order chi connectivity index (χ1) is 12.1. The van der Waals surface area contributed by atoms with E-state index in [1.54, 1.807) is 19.4 Å². The quantitative estimate of drug-likeness (QED) is 0.840. The smallest absolute Gasteiger partial charge is 0.254 e. The molecule has 2 heterocycles. The van der Waals surface area contributed by atoms with Gasteiger partial charge in [-0.2, -0.15) is 5.10 Å². The molecule has 1 aliphatic rings. The first-order valence-electron chi connectivity index (χ1n) is 8.27. The molecule has 132 valence electrons. The van der Waals surface area contributed by atoms with E-state index in [1.165, 1.54) is 0 Å². The van der Waals surface area contributed by atoms with Gasteiger partial charge in [0, 0.05) is 51.9 Å². The van der Waals surface area contributed by atoms with Crippen LogP contribution in [-0.2, 0) is 0 Å². The van der Waals surface area contributed by atoms with Crippen molar-refractivity contribution in [3.05, 3.63) is 42.1 Å². The fourth-order valence-electron chi connectivity index (χ4n) is 2.82. The van der Waals surface area contributed by atoms with Crippen molar-refractivity contribution in [1.82, 2.24) is 15.1 Å². The Kier molecular flexibility index (Phi) is 5.02. The van der Waals surface area contributed by atoms with E-state index in [0.717, 1.165) is 24.6 Å². The average molecular weight is 341 g/mol. The molecule has 0 aliphatic carbocycles. The molecule has 25 heavy (non-hydrogen) atoms. The van der Waals surface area contributed by atoms with Crippen molar-refractivity contribution in [3.63, 3.8) is 0 Å². The molecular weight excluding hydrogens is 318 g/mol. The number of amides is 1. The van der Waals surface area contributed by atoms with Crippen molar-refractivity contribution < 1.29 is 9.53 Å². The summed E-state index contributed by atoms with van der Waals surface area (Å²) in [5, 5.41) is 8.30. The van der Waals surface area contributed by atoms with Crippen LogP contribution in [0.15, 0.2) is 36.5 Å². The summed E-state index contributed by atoms with van der Waals surface area (Å²) >= 11 is 0. The maximum absolute atomic E-state index is 12.7. The summed E-state index contributed by atoms with van der Waals surface area (Å²) in [5.41, 5.74) is 1.67. The molecule has 1 aliphatic heterocycles. The highest BCUT2D eigenvalue weighted by Crippen LogP contribution is 2.20. The second-order valence-electron chi connectivity index (χ2n) is 6.18. The van der Waals surface area contributed by atoms with Crippen LogP contribution in [0.1, 0.15) is 10.4 Å². The number of methoxy groups -OCH3 is 1. The number of piperazine rings is 1. The molecule has 7 nitrogen and oxygen atoms in total. The van der Waals surface area contributed by atoms with Gasteiger partial charge in [0.05, 0.1) is 19.0 Å². The highest BCUT2D eigenvalue weighted by atomic mass is 16.5. The molecule has 1 saturated heterocycles. The molecule has 0 spiro atoms. The molecule has 1 aromatic carbocycles. The number of hydrogen-bond donors (Lipinski definition) is 0. The fourth-order valence-corrected chi connectivity index (χ4v) is 2.82. The lowest BCUT2D eigenvalue weighted by molar-refractivity contribution is 0.0746. The Morgan fingerprint density at radius 2 is 1.92 bits per heavy atom. The third-order valence-corrected chi connectivity index (χ3v) is 4.35. The Hall–Kier alpha value is -2.83. The lowest BCUT2D eigenvalue weighted by Crippen LogP contribution is -2.49. The number of hydrogen-bond acceptors (Lipinski definition) is 6. The van der Waals surface area contributed by atoms with Crippen LogP contribution in [0.3, 0.4) is 0 Å². The van der Waals surface area contributed by atoms with E-state index >= 15 is 0 Å². The van der Waals surface area contributed by atoms with Gasteiger partial charge in [0.2, 0.25) is 0 Å². The Morgan fingerprint density at radius 1 is 1.16 bits per heavy atom. The van der Waals surface area contributed by atoms with Crippen LogP contribution < -0.4 is 14.5 Å². The highest BCUT2D eigenvalue weighted by molar-refractivity contribution is 5.94. The van der Waals surface area contributed by atoms with Crippen molar-refractivity contribution in [1.29, 1.82) is 0 Å². The molecule has 0 bridgehead atoms. The van der Waals surface area contributed by atoms with Gasteiger partial charge in [-0.05, 0) is 18.2 Å². The van der Waals surface area contributed by atoms with Crippen molar-refractivity contribution in [2.75, 3.05) is 57.2 Å². The standard InChI is InChI=1S/C18H23N5O2/c1-21(2)15-12-17(20-19-13-15)22-7-9-23(10-8-22)18(24)14-5-4-6-16(11-14)25-3/h4-6,11-13H,7-10H2,1-3H3. The molecule has 7 heteroatoms. The SMILES string of the molecule is COc1cccc(C(=O)N2CCN(c3cc(N(C)C)cnn3)CC2)c1. The second kappa shape index (κ2) is 7.38. The first-order valence-corrected chi connectivity index (χ1v) is 8.27. The van der Waals surface area contributed by atoms with E-state index in [9.17, 15) is 4.79 Å². The minimum Gasteiger partial charge on any atom is -0.497 e. The molecule has 3 rings (SSSR count). The predicted octanol–water partition coefficient (Wildman–Crippen LogP) is 1.51. The number of rotatable bonds is 4. The van der Waals surface area contributed by atoms with E-state index in [-0.39, 0.29) is 5.91 Å². The van der Waals surface area contributed by atoms with Gasteiger partial charge in [-0.3, -0.25) is 4.79 Å². The minimum atomic E-state index is 0.0340. The van der Waals surface area contributed by atoms with Crippen LogP contribution in [0.25, 0.3) is 0 Å². The maximum Gasteiger partial charge on any atom is 0.254 e. The molecule has 1 aromatic heterocycles. The van der Waals surface area contributed by atoms with Crippen LogP contribution in [-0.4, -0.2) is 68.4 Å². The van der Waals surface area contributed by atoms with Crippen molar-refractivity contribution in [3.8, 4) is 5.75 Å². The lowest BCUT2D eigenvalue weighted by atomic mass is 10.1. The Bertz CT molecular complexity index is 742. The van der Waals surface area contributed by atoms with Gasteiger partial charge >= 0.3 is 0 Å². The third-order valence-electron chi connectivity index (χ3n) is 4.35. The zero-order valence-corrected chi connectivity index (χ0v) is 14.8. The number of carbonyl (C=O) groups is 1. The molecular formula is C18H23N5O2. The summed E-state index contributed by atoms with van der Waals surface area (Å²) in [6.45, 7) is 2.79. The summed E-state index contributed by atoms with van der Waals surface area (Å²) < 4.78 is 5.20. The van der Waals surface area contributed by atoms with E-state index < -0.39 is 0 Å².